The Labute approximate surface area is 177 Å². The number of anilines is 2. The summed E-state index contributed by atoms with van der Waals surface area (Å²) in [6, 6.07) is 16.9. The highest BCUT2D eigenvalue weighted by atomic mass is 32.1. The first-order valence-electron chi connectivity index (χ1n) is 9.18. The molecule has 0 saturated carbocycles. The molecule has 0 atom stereocenters. The van der Waals surface area contributed by atoms with Crippen molar-refractivity contribution in [3.8, 4) is 17.2 Å². The van der Waals surface area contributed by atoms with Gasteiger partial charge in [-0.2, -0.15) is 0 Å². The van der Waals surface area contributed by atoms with Crippen molar-refractivity contribution in [3.63, 3.8) is 0 Å². The molecule has 0 saturated heterocycles. The Bertz CT molecular complexity index is 1140. The van der Waals surface area contributed by atoms with Crippen LogP contribution < -0.4 is 10.1 Å². The normalized spacial score (nSPS) is 10.6. The minimum absolute atomic E-state index is 0.0482. The Morgan fingerprint density at radius 3 is 2.60 bits per heavy atom. The predicted molar refractivity (Wildman–Crippen MR) is 114 cm³/mol. The molecule has 8 heteroatoms. The number of carbonyl (C=O) groups excluding carboxylic acids is 1. The van der Waals surface area contributed by atoms with Crippen LogP contribution in [0.2, 0.25) is 0 Å². The third kappa shape index (κ3) is 4.49. The predicted octanol–water partition coefficient (Wildman–Crippen LogP) is 5.22. The maximum Gasteiger partial charge on any atom is 0.361 e. The van der Waals surface area contributed by atoms with Gasteiger partial charge in [-0.15, -0.1) is 11.3 Å². The highest BCUT2D eigenvalue weighted by Crippen LogP contribution is 2.24. The molecule has 2 aromatic heterocycles. The lowest BCUT2D eigenvalue weighted by Crippen LogP contribution is -2.07. The van der Waals surface area contributed by atoms with Crippen LogP contribution in [0.25, 0.3) is 11.5 Å². The van der Waals surface area contributed by atoms with E-state index in [9.17, 15) is 4.79 Å². The van der Waals surface area contributed by atoms with Gasteiger partial charge in [0.2, 0.25) is 5.89 Å². The standard InChI is InChI=1S/C22H19N3O4S/c1-14-19(25-20(29-14)15-6-4-3-5-7-15)21(26)28-12-17-13-30-22(24-17)23-16-8-10-18(27-2)11-9-16/h3-11,13H,12H2,1-2H3,(H,23,24). The summed E-state index contributed by atoms with van der Waals surface area (Å²) in [5, 5.41) is 5.75. The molecular weight excluding hydrogens is 402 g/mol. The lowest BCUT2D eigenvalue weighted by Gasteiger charge is -2.04. The van der Waals surface area contributed by atoms with Crippen LogP contribution in [0.5, 0.6) is 5.75 Å². The molecule has 0 bridgehead atoms. The molecule has 0 spiro atoms. The van der Waals surface area contributed by atoms with Gasteiger partial charge in [-0.1, -0.05) is 18.2 Å². The average Bonchev–Trinajstić information content (AvgIpc) is 3.39. The van der Waals surface area contributed by atoms with E-state index in [0.29, 0.717) is 22.5 Å². The highest BCUT2D eigenvalue weighted by molar-refractivity contribution is 7.13. The molecule has 4 aromatic rings. The van der Waals surface area contributed by atoms with E-state index in [1.165, 1.54) is 11.3 Å². The summed E-state index contributed by atoms with van der Waals surface area (Å²) in [6.45, 7) is 1.74. The fraction of sp³-hybridized carbons (Fsp3) is 0.136. The average molecular weight is 421 g/mol. The van der Waals surface area contributed by atoms with E-state index in [4.69, 9.17) is 13.9 Å². The number of ether oxygens (including phenoxy) is 2. The van der Waals surface area contributed by atoms with E-state index in [-0.39, 0.29) is 12.3 Å². The third-order valence-corrected chi connectivity index (χ3v) is 5.06. The zero-order chi connectivity index (χ0) is 20.9. The fourth-order valence-electron chi connectivity index (χ4n) is 2.73. The Balaban J connectivity index is 1.37. The molecule has 0 amide bonds. The second kappa shape index (κ2) is 8.79. The minimum Gasteiger partial charge on any atom is -0.497 e. The van der Waals surface area contributed by atoms with Crippen LogP contribution in [-0.4, -0.2) is 23.0 Å². The molecule has 0 unspecified atom stereocenters. The maximum absolute atomic E-state index is 12.4. The number of carbonyl (C=O) groups is 1. The van der Waals surface area contributed by atoms with Crippen molar-refractivity contribution < 1.29 is 18.7 Å². The second-order valence-corrected chi connectivity index (χ2v) is 7.22. The smallest absolute Gasteiger partial charge is 0.361 e. The van der Waals surface area contributed by atoms with Crippen molar-refractivity contribution in [2.75, 3.05) is 12.4 Å². The fourth-order valence-corrected chi connectivity index (χ4v) is 3.44. The van der Waals surface area contributed by atoms with Gasteiger partial charge in [0.1, 0.15) is 18.1 Å². The number of esters is 1. The molecule has 4 rings (SSSR count). The number of methoxy groups -OCH3 is 1. The number of thiazole rings is 1. The molecule has 7 nitrogen and oxygen atoms in total. The molecule has 0 aliphatic carbocycles. The van der Waals surface area contributed by atoms with Crippen LogP contribution in [0.1, 0.15) is 21.9 Å². The van der Waals surface area contributed by atoms with E-state index in [0.717, 1.165) is 17.0 Å². The molecule has 2 aromatic carbocycles. The van der Waals surface area contributed by atoms with Gasteiger partial charge in [-0.3, -0.25) is 0 Å². The number of benzene rings is 2. The Kier molecular flexibility index (Phi) is 5.76. The summed E-state index contributed by atoms with van der Waals surface area (Å²) in [5.41, 5.74) is 2.50. The molecule has 152 valence electrons. The number of nitrogens with one attached hydrogen (secondary N) is 1. The molecule has 0 fully saturated rings. The number of hydrogen-bond acceptors (Lipinski definition) is 8. The summed E-state index contributed by atoms with van der Waals surface area (Å²) in [7, 11) is 1.62. The summed E-state index contributed by atoms with van der Waals surface area (Å²) >= 11 is 1.43. The van der Waals surface area contributed by atoms with Crippen molar-refractivity contribution in [2.45, 2.75) is 13.5 Å². The largest absolute Gasteiger partial charge is 0.497 e. The van der Waals surface area contributed by atoms with E-state index >= 15 is 0 Å². The molecule has 2 heterocycles. The topological polar surface area (TPSA) is 86.5 Å². The number of nitrogens with zero attached hydrogens (tertiary/aromatic N) is 2. The van der Waals surface area contributed by atoms with Crippen LogP contribution in [0, 0.1) is 6.92 Å². The number of rotatable bonds is 7. The van der Waals surface area contributed by atoms with Crippen molar-refractivity contribution in [2.24, 2.45) is 0 Å². The first-order chi connectivity index (χ1) is 14.6. The van der Waals surface area contributed by atoms with Gasteiger partial charge in [0.05, 0.1) is 12.8 Å². The second-order valence-electron chi connectivity index (χ2n) is 6.36. The molecule has 0 aliphatic rings. The van der Waals surface area contributed by atoms with Gasteiger partial charge in [-0.05, 0) is 43.3 Å². The van der Waals surface area contributed by atoms with Crippen molar-refractivity contribution in [1.29, 1.82) is 0 Å². The van der Waals surface area contributed by atoms with Gasteiger partial charge in [-0.25, -0.2) is 14.8 Å². The summed E-state index contributed by atoms with van der Waals surface area (Å²) in [5.74, 6) is 1.04. The molecule has 0 aliphatic heterocycles. The van der Waals surface area contributed by atoms with Gasteiger partial charge < -0.3 is 19.2 Å². The zero-order valence-corrected chi connectivity index (χ0v) is 17.2. The number of hydrogen-bond donors (Lipinski definition) is 1. The SMILES string of the molecule is COc1ccc(Nc2nc(COC(=O)c3nc(-c4ccccc4)oc3C)cs2)cc1. The van der Waals surface area contributed by atoms with Crippen molar-refractivity contribution in [1.82, 2.24) is 9.97 Å². The number of oxazole rings is 1. The lowest BCUT2D eigenvalue weighted by molar-refractivity contribution is 0.0460. The van der Waals surface area contributed by atoms with Gasteiger partial charge in [0.15, 0.2) is 10.8 Å². The summed E-state index contributed by atoms with van der Waals surface area (Å²) in [4.78, 5) is 21.2. The van der Waals surface area contributed by atoms with Gasteiger partial charge in [0, 0.05) is 16.6 Å². The first-order valence-corrected chi connectivity index (χ1v) is 10.1. The van der Waals surface area contributed by atoms with Gasteiger partial charge in [0.25, 0.3) is 0 Å². The van der Waals surface area contributed by atoms with E-state index in [2.05, 4.69) is 15.3 Å². The van der Waals surface area contributed by atoms with Crippen LogP contribution >= 0.6 is 11.3 Å². The van der Waals surface area contributed by atoms with E-state index < -0.39 is 5.97 Å². The van der Waals surface area contributed by atoms with Crippen molar-refractivity contribution in [3.05, 3.63) is 77.1 Å². The van der Waals surface area contributed by atoms with Crippen LogP contribution in [0.3, 0.4) is 0 Å². The van der Waals surface area contributed by atoms with E-state index in [1.807, 2.05) is 60.0 Å². The van der Waals surface area contributed by atoms with Crippen LogP contribution in [-0.2, 0) is 11.3 Å². The van der Waals surface area contributed by atoms with Gasteiger partial charge >= 0.3 is 5.97 Å². The zero-order valence-electron chi connectivity index (χ0n) is 16.4. The van der Waals surface area contributed by atoms with Crippen molar-refractivity contribution >= 4 is 28.1 Å². The molecular formula is C22H19N3O4S. The number of aromatic nitrogens is 2. The molecule has 30 heavy (non-hydrogen) atoms. The maximum atomic E-state index is 12.4. The minimum atomic E-state index is -0.545. The quantitative estimate of drug-likeness (QED) is 0.410. The van der Waals surface area contributed by atoms with E-state index in [1.54, 1.807) is 14.0 Å². The van der Waals surface area contributed by atoms with Crippen LogP contribution in [0.4, 0.5) is 10.8 Å². The monoisotopic (exact) mass is 421 g/mol. The number of aryl methyl sites for hydroxylation is 1. The molecule has 0 radical (unpaired) electrons. The summed E-state index contributed by atoms with van der Waals surface area (Å²) in [6.07, 6.45) is 0. The van der Waals surface area contributed by atoms with Crippen LogP contribution in [0.15, 0.2) is 64.4 Å². The molecule has 1 N–H and O–H groups in total. The highest BCUT2D eigenvalue weighted by Gasteiger charge is 2.20. The third-order valence-electron chi connectivity index (χ3n) is 4.25. The lowest BCUT2D eigenvalue weighted by atomic mass is 10.2. The Hall–Kier alpha value is -3.65. The Morgan fingerprint density at radius 1 is 1.10 bits per heavy atom. The summed E-state index contributed by atoms with van der Waals surface area (Å²) < 4.78 is 16.1. The Morgan fingerprint density at radius 2 is 1.87 bits per heavy atom. The first kappa shape index (κ1) is 19.7.